The van der Waals surface area contributed by atoms with Crippen LogP contribution in [0, 0.1) is 10.1 Å². The number of nitrogens with one attached hydrogen (secondary N) is 3. The number of nitrogens with zero attached hydrogens (tertiary/aromatic N) is 4. The average Bonchev–Trinajstić information content (AvgIpc) is 3.27. The summed E-state index contributed by atoms with van der Waals surface area (Å²) >= 11 is 0. The Kier molecular flexibility index (Phi) is 8.32. The zero-order valence-corrected chi connectivity index (χ0v) is 20.6. The first-order valence-corrected chi connectivity index (χ1v) is 12.6. The highest BCUT2D eigenvalue weighted by Crippen LogP contribution is 2.22. The fourth-order valence-corrected chi connectivity index (χ4v) is 4.56. The van der Waals surface area contributed by atoms with Crippen LogP contribution in [-0.2, 0) is 11.3 Å². The molecule has 4 rings (SSSR count). The van der Waals surface area contributed by atoms with Crippen LogP contribution in [0.4, 0.5) is 17.3 Å². The van der Waals surface area contributed by atoms with Gasteiger partial charge in [-0.25, -0.2) is 0 Å². The van der Waals surface area contributed by atoms with Crippen LogP contribution < -0.4 is 15.8 Å². The molecular formula is C25H33N7O4. The van der Waals surface area contributed by atoms with E-state index in [1.807, 2.05) is 0 Å². The van der Waals surface area contributed by atoms with Crippen LogP contribution in [0.15, 0.2) is 35.3 Å². The Morgan fingerprint density at radius 3 is 2.53 bits per heavy atom. The number of benzene rings is 1. The lowest BCUT2D eigenvalue weighted by molar-refractivity contribution is -0.384. The van der Waals surface area contributed by atoms with Crippen LogP contribution in [0.5, 0.6) is 0 Å². The molecule has 3 heterocycles. The van der Waals surface area contributed by atoms with Crippen LogP contribution in [0.3, 0.4) is 0 Å². The summed E-state index contributed by atoms with van der Waals surface area (Å²) in [5.74, 6) is 0.0165. The molecule has 0 atom stereocenters. The normalized spacial score (nSPS) is 14.3. The van der Waals surface area contributed by atoms with E-state index in [1.165, 1.54) is 18.6 Å². The van der Waals surface area contributed by atoms with Gasteiger partial charge in [-0.05, 0) is 24.1 Å². The zero-order valence-electron chi connectivity index (χ0n) is 20.6. The minimum atomic E-state index is -0.397. The molecule has 0 unspecified atom stereocenters. The highest BCUT2D eigenvalue weighted by Gasteiger charge is 2.20. The minimum absolute atomic E-state index is 0.0840. The molecule has 1 aliphatic rings. The van der Waals surface area contributed by atoms with Gasteiger partial charge >= 0.3 is 0 Å². The molecule has 1 fully saturated rings. The van der Waals surface area contributed by atoms with Crippen molar-refractivity contribution in [3.63, 3.8) is 0 Å². The number of H-pyrrole nitrogens is 2. The average molecular weight is 496 g/mol. The van der Waals surface area contributed by atoms with Gasteiger partial charge in [0.05, 0.1) is 10.3 Å². The summed E-state index contributed by atoms with van der Waals surface area (Å²) in [4.78, 5) is 50.1. The summed E-state index contributed by atoms with van der Waals surface area (Å²) in [7, 11) is 0. The maximum absolute atomic E-state index is 12.8. The number of nitro benzene ring substituents is 1. The molecular weight excluding hydrogens is 462 g/mol. The van der Waals surface area contributed by atoms with Gasteiger partial charge in [0.15, 0.2) is 0 Å². The van der Waals surface area contributed by atoms with Gasteiger partial charge in [-0.2, -0.15) is 4.98 Å². The molecule has 1 amide bonds. The Labute approximate surface area is 209 Å². The Morgan fingerprint density at radius 2 is 1.83 bits per heavy atom. The monoisotopic (exact) mass is 495 g/mol. The lowest BCUT2D eigenvalue weighted by Gasteiger charge is -2.36. The van der Waals surface area contributed by atoms with E-state index in [9.17, 15) is 19.7 Å². The van der Waals surface area contributed by atoms with E-state index in [2.05, 4.69) is 37.0 Å². The van der Waals surface area contributed by atoms with E-state index in [4.69, 9.17) is 0 Å². The van der Waals surface area contributed by atoms with Gasteiger partial charge in [0.2, 0.25) is 11.9 Å². The summed E-state index contributed by atoms with van der Waals surface area (Å²) in [5, 5.41) is 14.1. The molecule has 1 saturated heterocycles. The van der Waals surface area contributed by atoms with E-state index in [0.29, 0.717) is 24.0 Å². The quantitative estimate of drug-likeness (QED) is 0.209. The third-order valence-corrected chi connectivity index (χ3v) is 6.58. The first-order valence-electron chi connectivity index (χ1n) is 12.6. The number of carbonyl (C=O) groups is 1. The molecule has 3 N–H and O–H groups in total. The van der Waals surface area contributed by atoms with Crippen LogP contribution in [-0.4, -0.2) is 56.9 Å². The summed E-state index contributed by atoms with van der Waals surface area (Å²) < 4.78 is 0. The molecule has 0 aliphatic carbocycles. The fourth-order valence-electron chi connectivity index (χ4n) is 4.56. The van der Waals surface area contributed by atoms with Crippen molar-refractivity contribution in [3.05, 3.63) is 56.5 Å². The predicted molar refractivity (Wildman–Crippen MR) is 139 cm³/mol. The number of hydrogen-bond donors (Lipinski definition) is 3. The Bertz CT molecular complexity index is 1240. The number of piperazine rings is 1. The Morgan fingerprint density at radius 1 is 1.11 bits per heavy atom. The minimum Gasteiger partial charge on any atom is -0.369 e. The van der Waals surface area contributed by atoms with Gasteiger partial charge in [0.1, 0.15) is 5.65 Å². The van der Waals surface area contributed by atoms with E-state index < -0.39 is 4.92 Å². The van der Waals surface area contributed by atoms with E-state index >= 15 is 0 Å². The van der Waals surface area contributed by atoms with E-state index in [1.54, 1.807) is 18.3 Å². The topological polar surface area (TPSA) is 140 Å². The number of rotatable bonds is 11. The second kappa shape index (κ2) is 11.8. The Balaban J connectivity index is 1.32. The summed E-state index contributed by atoms with van der Waals surface area (Å²) in [6, 6.07) is 6.61. The van der Waals surface area contributed by atoms with Crippen molar-refractivity contribution in [2.75, 3.05) is 36.4 Å². The van der Waals surface area contributed by atoms with Gasteiger partial charge in [0, 0.05) is 63.2 Å². The van der Waals surface area contributed by atoms with Crippen LogP contribution in [0.1, 0.15) is 51.0 Å². The van der Waals surface area contributed by atoms with E-state index in [-0.39, 0.29) is 23.1 Å². The molecule has 11 nitrogen and oxygen atoms in total. The van der Waals surface area contributed by atoms with Gasteiger partial charge < -0.3 is 9.88 Å². The molecule has 3 aromatic rings. The highest BCUT2D eigenvalue weighted by molar-refractivity contribution is 5.90. The highest BCUT2D eigenvalue weighted by atomic mass is 16.6. The molecule has 0 radical (unpaired) electrons. The molecule has 0 saturated carbocycles. The van der Waals surface area contributed by atoms with Crippen LogP contribution in [0.2, 0.25) is 0 Å². The van der Waals surface area contributed by atoms with Gasteiger partial charge in [-0.15, -0.1) is 0 Å². The molecule has 11 heteroatoms. The van der Waals surface area contributed by atoms with Crippen molar-refractivity contribution < 1.29 is 9.72 Å². The van der Waals surface area contributed by atoms with Crippen molar-refractivity contribution in [1.29, 1.82) is 0 Å². The van der Waals surface area contributed by atoms with Crippen molar-refractivity contribution in [3.8, 4) is 0 Å². The third kappa shape index (κ3) is 6.28. The second-order valence-electron chi connectivity index (χ2n) is 9.20. The SMILES string of the molecule is CCCCCCCC(=O)Nc1nc2[nH]cc(CN3CCN(c4ccc([N+](=O)[O-])cc4)CC3)c2c(=O)[nH]1. The molecule has 1 aliphatic heterocycles. The maximum Gasteiger partial charge on any atom is 0.269 e. The zero-order chi connectivity index (χ0) is 25.5. The van der Waals surface area contributed by atoms with Gasteiger partial charge in [0.25, 0.3) is 11.2 Å². The van der Waals surface area contributed by atoms with Crippen molar-refractivity contribution >= 4 is 34.3 Å². The molecule has 2 aromatic heterocycles. The molecule has 192 valence electrons. The smallest absolute Gasteiger partial charge is 0.269 e. The number of anilines is 2. The Hall–Kier alpha value is -3.73. The number of aromatic amines is 2. The number of non-ortho nitro benzene ring substituents is 1. The summed E-state index contributed by atoms with van der Waals surface area (Å²) in [5.41, 5.74) is 2.08. The van der Waals surface area contributed by atoms with Gasteiger partial charge in [-0.3, -0.25) is 34.9 Å². The van der Waals surface area contributed by atoms with Crippen molar-refractivity contribution in [1.82, 2.24) is 19.9 Å². The van der Waals surface area contributed by atoms with Crippen molar-refractivity contribution in [2.24, 2.45) is 0 Å². The number of nitro groups is 1. The number of fused-ring (bicyclic) bond motifs is 1. The molecule has 0 spiro atoms. The number of amides is 1. The molecule has 36 heavy (non-hydrogen) atoms. The van der Waals surface area contributed by atoms with Crippen molar-refractivity contribution in [2.45, 2.75) is 52.0 Å². The number of carbonyl (C=O) groups excluding carboxylic acids is 1. The lowest BCUT2D eigenvalue weighted by atomic mass is 10.1. The molecule has 0 bridgehead atoms. The second-order valence-corrected chi connectivity index (χ2v) is 9.20. The summed E-state index contributed by atoms with van der Waals surface area (Å²) in [6.45, 7) is 5.90. The first kappa shape index (κ1) is 25.4. The standard InChI is InChI=1S/C25H33N7O4/c1-2-3-4-5-6-7-21(33)27-25-28-23-22(24(34)29-25)18(16-26-23)17-30-12-14-31(15-13-30)19-8-10-20(11-9-19)32(35)36/h8-11,16H,2-7,12-15,17H2,1H3,(H3,26,27,28,29,33,34). The fraction of sp³-hybridized carbons (Fsp3) is 0.480. The molecule has 1 aromatic carbocycles. The third-order valence-electron chi connectivity index (χ3n) is 6.58. The maximum atomic E-state index is 12.8. The lowest BCUT2D eigenvalue weighted by Crippen LogP contribution is -2.46. The largest absolute Gasteiger partial charge is 0.369 e. The number of aromatic nitrogens is 3. The summed E-state index contributed by atoms with van der Waals surface area (Å²) in [6.07, 6.45) is 7.52. The predicted octanol–water partition coefficient (Wildman–Crippen LogP) is 3.78. The first-order chi connectivity index (χ1) is 17.4. The van der Waals surface area contributed by atoms with Crippen LogP contribution in [0.25, 0.3) is 11.0 Å². The van der Waals surface area contributed by atoms with Crippen LogP contribution >= 0.6 is 0 Å². The number of unbranched alkanes of at least 4 members (excludes halogenated alkanes) is 4. The van der Waals surface area contributed by atoms with Gasteiger partial charge in [-0.1, -0.05) is 32.6 Å². The number of hydrogen-bond acceptors (Lipinski definition) is 7. The van der Waals surface area contributed by atoms with E-state index in [0.717, 1.165) is 63.1 Å².